The molecule has 0 saturated heterocycles. The van der Waals surface area contributed by atoms with E-state index in [-0.39, 0.29) is 17.5 Å². The minimum atomic E-state index is -3.70. The zero-order valence-corrected chi connectivity index (χ0v) is 12.5. The Bertz CT molecular complexity index is 534. The van der Waals surface area contributed by atoms with E-state index in [1.54, 1.807) is 11.8 Å². The third-order valence-electron chi connectivity index (χ3n) is 2.84. The average molecular weight is 288 g/mol. The number of likely N-dealkylation sites (N-methyl/N-ethyl adjacent to an activating group) is 2. The van der Waals surface area contributed by atoms with Gasteiger partial charge in [0, 0.05) is 20.1 Å². The highest BCUT2D eigenvalue weighted by Gasteiger charge is 2.25. The highest BCUT2D eigenvalue weighted by molar-refractivity contribution is 7.89. The summed E-state index contributed by atoms with van der Waals surface area (Å²) in [7, 11) is -2.31. The number of amides is 1. The number of aromatic amines is 1. The molecule has 19 heavy (non-hydrogen) atoms. The van der Waals surface area contributed by atoms with Crippen LogP contribution in [0.25, 0.3) is 0 Å². The van der Waals surface area contributed by atoms with Gasteiger partial charge in [-0.1, -0.05) is 0 Å². The molecular formula is C11H20N4O3S. The van der Waals surface area contributed by atoms with Gasteiger partial charge in [0.05, 0.1) is 12.7 Å². The van der Waals surface area contributed by atoms with Crippen molar-refractivity contribution in [1.82, 2.24) is 19.2 Å². The van der Waals surface area contributed by atoms with E-state index in [1.807, 2.05) is 13.8 Å². The number of aromatic nitrogens is 2. The lowest BCUT2D eigenvalue weighted by atomic mass is 10.4. The second-order valence-electron chi connectivity index (χ2n) is 4.16. The number of nitrogens with one attached hydrogen (secondary N) is 1. The highest BCUT2D eigenvalue weighted by atomic mass is 32.2. The number of hydrogen-bond donors (Lipinski definition) is 1. The molecule has 0 fully saturated rings. The summed E-state index contributed by atoms with van der Waals surface area (Å²) in [5.41, 5.74) is 0. The molecule has 0 bridgehead atoms. The van der Waals surface area contributed by atoms with Crippen LogP contribution in [0.4, 0.5) is 0 Å². The van der Waals surface area contributed by atoms with E-state index in [2.05, 4.69) is 9.97 Å². The Labute approximate surface area is 113 Å². The van der Waals surface area contributed by atoms with Gasteiger partial charge in [0.2, 0.25) is 5.91 Å². The molecule has 0 aliphatic heterocycles. The molecular weight excluding hydrogens is 268 g/mol. The van der Waals surface area contributed by atoms with Gasteiger partial charge in [-0.25, -0.2) is 13.4 Å². The quantitative estimate of drug-likeness (QED) is 0.810. The van der Waals surface area contributed by atoms with Crippen LogP contribution in [0.15, 0.2) is 11.2 Å². The van der Waals surface area contributed by atoms with Crippen molar-refractivity contribution in [3.8, 4) is 0 Å². The molecule has 1 rings (SSSR count). The summed E-state index contributed by atoms with van der Waals surface area (Å²) < 4.78 is 25.4. The van der Waals surface area contributed by atoms with Crippen LogP contribution in [-0.4, -0.2) is 60.2 Å². The van der Waals surface area contributed by atoms with Crippen molar-refractivity contribution in [1.29, 1.82) is 0 Å². The van der Waals surface area contributed by atoms with E-state index < -0.39 is 10.0 Å². The number of rotatable bonds is 6. The van der Waals surface area contributed by atoms with Crippen LogP contribution in [0.3, 0.4) is 0 Å². The van der Waals surface area contributed by atoms with Gasteiger partial charge < -0.3 is 9.88 Å². The minimum absolute atomic E-state index is 0.000142. The number of carbonyl (C=O) groups is 1. The van der Waals surface area contributed by atoms with E-state index in [0.717, 1.165) is 4.31 Å². The Morgan fingerprint density at radius 1 is 1.37 bits per heavy atom. The molecule has 0 aromatic carbocycles. The van der Waals surface area contributed by atoms with Crippen LogP contribution < -0.4 is 0 Å². The SMILES string of the molecule is CCN(CC)C(=O)CN(C)S(=O)(=O)c1cnc(C)[nH]1. The third-order valence-corrected chi connectivity index (χ3v) is 4.55. The largest absolute Gasteiger partial charge is 0.342 e. The van der Waals surface area contributed by atoms with E-state index in [0.29, 0.717) is 18.9 Å². The van der Waals surface area contributed by atoms with Crippen molar-refractivity contribution in [2.24, 2.45) is 0 Å². The second kappa shape index (κ2) is 6.16. The summed E-state index contributed by atoms with van der Waals surface area (Å²) in [4.78, 5) is 20.0. The molecule has 1 amide bonds. The highest BCUT2D eigenvalue weighted by Crippen LogP contribution is 2.11. The van der Waals surface area contributed by atoms with Gasteiger partial charge in [-0.05, 0) is 20.8 Å². The number of imidazole rings is 1. The number of hydrogen-bond acceptors (Lipinski definition) is 4. The van der Waals surface area contributed by atoms with Crippen molar-refractivity contribution < 1.29 is 13.2 Å². The number of nitrogens with zero attached hydrogens (tertiary/aromatic N) is 3. The summed E-state index contributed by atoms with van der Waals surface area (Å²) in [6.45, 7) is 6.32. The summed E-state index contributed by atoms with van der Waals surface area (Å²) >= 11 is 0. The standard InChI is InChI=1S/C11H20N4O3S/c1-5-15(6-2)11(16)8-14(4)19(17,18)10-7-12-9(3)13-10/h7H,5-6,8H2,1-4H3,(H,12,13). The number of H-pyrrole nitrogens is 1. The molecule has 0 spiro atoms. The number of aryl methyl sites for hydroxylation is 1. The zero-order chi connectivity index (χ0) is 14.6. The van der Waals surface area contributed by atoms with Crippen molar-refractivity contribution in [3.05, 3.63) is 12.0 Å². The van der Waals surface area contributed by atoms with Crippen LogP contribution in [0, 0.1) is 6.92 Å². The predicted molar refractivity (Wildman–Crippen MR) is 71.1 cm³/mol. The Kier molecular flexibility index (Phi) is 5.07. The van der Waals surface area contributed by atoms with Crippen molar-refractivity contribution >= 4 is 15.9 Å². The number of sulfonamides is 1. The Hall–Kier alpha value is -1.41. The van der Waals surface area contributed by atoms with Gasteiger partial charge in [-0.3, -0.25) is 4.79 Å². The van der Waals surface area contributed by atoms with Crippen LogP contribution in [0.1, 0.15) is 19.7 Å². The fourth-order valence-electron chi connectivity index (χ4n) is 1.65. The van der Waals surface area contributed by atoms with Crippen LogP contribution in [-0.2, 0) is 14.8 Å². The number of carbonyl (C=O) groups excluding carboxylic acids is 1. The lowest BCUT2D eigenvalue weighted by molar-refractivity contribution is -0.130. The summed E-state index contributed by atoms with van der Waals surface area (Å²) in [5.74, 6) is 0.300. The molecule has 0 unspecified atom stereocenters. The molecule has 0 atom stereocenters. The van der Waals surface area contributed by atoms with Crippen molar-refractivity contribution in [2.45, 2.75) is 25.8 Å². The van der Waals surface area contributed by atoms with Crippen molar-refractivity contribution in [2.75, 3.05) is 26.7 Å². The molecule has 8 heteroatoms. The van der Waals surface area contributed by atoms with Gasteiger partial charge in [-0.2, -0.15) is 4.31 Å². The minimum Gasteiger partial charge on any atom is -0.342 e. The van der Waals surface area contributed by atoms with Crippen LogP contribution >= 0.6 is 0 Å². The maximum Gasteiger partial charge on any atom is 0.260 e. The molecule has 1 N–H and O–H groups in total. The first kappa shape index (κ1) is 15.6. The Morgan fingerprint density at radius 3 is 2.37 bits per heavy atom. The maximum absolute atomic E-state index is 12.2. The third kappa shape index (κ3) is 3.54. The fourth-order valence-corrected chi connectivity index (χ4v) is 2.73. The normalized spacial score (nSPS) is 11.8. The molecule has 1 aromatic rings. The molecule has 108 valence electrons. The van der Waals surface area contributed by atoms with E-state index in [4.69, 9.17) is 0 Å². The van der Waals surface area contributed by atoms with Gasteiger partial charge in [0.1, 0.15) is 5.82 Å². The molecule has 7 nitrogen and oxygen atoms in total. The zero-order valence-electron chi connectivity index (χ0n) is 11.7. The van der Waals surface area contributed by atoms with Crippen LogP contribution in [0.5, 0.6) is 0 Å². The average Bonchev–Trinajstić information content (AvgIpc) is 2.78. The van der Waals surface area contributed by atoms with Gasteiger partial charge >= 0.3 is 0 Å². The second-order valence-corrected chi connectivity index (χ2v) is 6.17. The van der Waals surface area contributed by atoms with Gasteiger partial charge in [0.25, 0.3) is 10.0 Å². The molecule has 0 aliphatic rings. The van der Waals surface area contributed by atoms with Gasteiger partial charge in [0.15, 0.2) is 5.03 Å². The lowest BCUT2D eigenvalue weighted by Gasteiger charge is -2.22. The Morgan fingerprint density at radius 2 is 1.95 bits per heavy atom. The molecule has 0 radical (unpaired) electrons. The molecule has 1 aromatic heterocycles. The molecule has 0 saturated carbocycles. The van der Waals surface area contributed by atoms with E-state index >= 15 is 0 Å². The fraction of sp³-hybridized carbons (Fsp3) is 0.636. The van der Waals surface area contributed by atoms with Crippen LogP contribution in [0.2, 0.25) is 0 Å². The predicted octanol–water partition coefficient (Wildman–Crippen LogP) is 0.207. The van der Waals surface area contributed by atoms with Crippen molar-refractivity contribution in [3.63, 3.8) is 0 Å². The van der Waals surface area contributed by atoms with Gasteiger partial charge in [-0.15, -0.1) is 0 Å². The summed E-state index contributed by atoms with van der Waals surface area (Å²) in [6, 6.07) is 0. The van der Waals surface area contributed by atoms with E-state index in [9.17, 15) is 13.2 Å². The maximum atomic E-state index is 12.2. The lowest BCUT2D eigenvalue weighted by Crippen LogP contribution is -2.41. The first-order chi connectivity index (χ1) is 8.82. The summed E-state index contributed by atoms with van der Waals surface area (Å²) in [6.07, 6.45) is 1.25. The smallest absolute Gasteiger partial charge is 0.260 e. The van der Waals surface area contributed by atoms with E-state index in [1.165, 1.54) is 13.2 Å². The first-order valence-electron chi connectivity index (χ1n) is 6.08. The molecule has 0 aliphatic carbocycles. The monoisotopic (exact) mass is 288 g/mol. The Balaban J connectivity index is 2.83. The molecule has 1 heterocycles. The topological polar surface area (TPSA) is 86.4 Å². The summed E-state index contributed by atoms with van der Waals surface area (Å²) in [5, 5.41) is -0.000142. The first-order valence-corrected chi connectivity index (χ1v) is 7.52.